The first-order valence-electron chi connectivity index (χ1n) is 5.03. The van der Waals surface area contributed by atoms with Crippen molar-refractivity contribution < 1.29 is 9.59 Å². The fourth-order valence-corrected chi connectivity index (χ4v) is 1.84. The van der Waals surface area contributed by atoms with Gasteiger partial charge >= 0.3 is 0 Å². The Morgan fingerprint density at radius 1 is 1.13 bits per heavy atom. The lowest BCUT2D eigenvalue weighted by Crippen LogP contribution is -2.09. The molecule has 0 N–H and O–H groups in total. The second kappa shape index (κ2) is 3.81. The first-order valence-corrected chi connectivity index (χ1v) is 5.03. The highest BCUT2D eigenvalue weighted by Gasteiger charge is 2.26. The number of benzene rings is 1. The van der Waals surface area contributed by atoms with Gasteiger partial charge in [-0.25, -0.2) is 0 Å². The standard InChI is InChI=1S/C13H12O2/c1-9-7-8-11(14)12(9)13(15)10-5-3-2-4-6-10/h2-6H,7-8H2,1H3. The van der Waals surface area contributed by atoms with Crippen molar-refractivity contribution in [3.8, 4) is 0 Å². The van der Waals surface area contributed by atoms with Crippen LogP contribution in [-0.2, 0) is 4.79 Å². The molecule has 0 atom stereocenters. The van der Waals surface area contributed by atoms with Gasteiger partial charge in [0, 0.05) is 12.0 Å². The molecule has 0 saturated carbocycles. The van der Waals surface area contributed by atoms with E-state index in [9.17, 15) is 9.59 Å². The van der Waals surface area contributed by atoms with Gasteiger partial charge in [0.2, 0.25) is 0 Å². The van der Waals surface area contributed by atoms with Gasteiger partial charge in [-0.15, -0.1) is 0 Å². The molecule has 0 unspecified atom stereocenters. The maximum Gasteiger partial charge on any atom is 0.196 e. The van der Waals surface area contributed by atoms with Crippen molar-refractivity contribution >= 4 is 11.6 Å². The summed E-state index contributed by atoms with van der Waals surface area (Å²) in [5.74, 6) is -0.142. The van der Waals surface area contributed by atoms with E-state index in [-0.39, 0.29) is 11.6 Å². The van der Waals surface area contributed by atoms with E-state index in [0.717, 1.165) is 12.0 Å². The number of Topliss-reactive ketones (excluding diaryl/α,β-unsaturated/α-hetero) is 2. The predicted octanol–water partition coefficient (Wildman–Crippen LogP) is 2.55. The first kappa shape index (κ1) is 9.84. The van der Waals surface area contributed by atoms with Crippen LogP contribution in [-0.4, -0.2) is 11.6 Å². The van der Waals surface area contributed by atoms with Crippen molar-refractivity contribution in [3.05, 3.63) is 47.0 Å². The molecule has 1 aliphatic rings. The quantitative estimate of drug-likeness (QED) is 0.543. The van der Waals surface area contributed by atoms with Gasteiger partial charge in [-0.05, 0) is 13.3 Å². The Hall–Kier alpha value is -1.70. The zero-order valence-electron chi connectivity index (χ0n) is 8.62. The molecule has 0 aromatic heterocycles. The van der Waals surface area contributed by atoms with Crippen molar-refractivity contribution in [2.24, 2.45) is 0 Å². The Balaban J connectivity index is 2.38. The number of allylic oxidation sites excluding steroid dienone is 2. The molecule has 76 valence electrons. The first-order chi connectivity index (χ1) is 7.20. The minimum atomic E-state index is -0.129. The maximum atomic E-state index is 12.0. The van der Waals surface area contributed by atoms with Gasteiger partial charge in [0.1, 0.15) is 0 Å². The average Bonchev–Trinajstić information content (AvgIpc) is 2.59. The van der Waals surface area contributed by atoms with E-state index in [1.807, 2.05) is 25.1 Å². The summed E-state index contributed by atoms with van der Waals surface area (Å²) in [7, 11) is 0. The molecule has 0 fully saturated rings. The molecule has 2 nitrogen and oxygen atoms in total. The molecule has 0 spiro atoms. The SMILES string of the molecule is CC1=C(C(=O)c2ccccc2)C(=O)CC1. The van der Waals surface area contributed by atoms with Crippen LogP contribution in [0, 0.1) is 0 Å². The third-order valence-electron chi connectivity index (χ3n) is 2.70. The van der Waals surface area contributed by atoms with Gasteiger partial charge in [0.05, 0.1) is 5.57 Å². The predicted molar refractivity (Wildman–Crippen MR) is 57.7 cm³/mol. The summed E-state index contributed by atoms with van der Waals surface area (Å²) in [5, 5.41) is 0. The lowest BCUT2D eigenvalue weighted by molar-refractivity contribution is -0.114. The highest BCUT2D eigenvalue weighted by Crippen LogP contribution is 2.25. The topological polar surface area (TPSA) is 34.1 Å². The van der Waals surface area contributed by atoms with Gasteiger partial charge in [-0.3, -0.25) is 9.59 Å². The van der Waals surface area contributed by atoms with Crippen LogP contribution in [0.15, 0.2) is 41.5 Å². The van der Waals surface area contributed by atoms with Crippen LogP contribution in [0.1, 0.15) is 30.1 Å². The molecule has 0 bridgehead atoms. The van der Waals surface area contributed by atoms with Gasteiger partial charge in [-0.2, -0.15) is 0 Å². The van der Waals surface area contributed by atoms with Crippen molar-refractivity contribution in [1.82, 2.24) is 0 Å². The number of hydrogen-bond donors (Lipinski definition) is 0. The Morgan fingerprint density at radius 3 is 2.33 bits per heavy atom. The number of ketones is 2. The summed E-state index contributed by atoms with van der Waals surface area (Å²) in [6.07, 6.45) is 1.21. The third kappa shape index (κ3) is 1.75. The Bertz CT molecular complexity index is 441. The van der Waals surface area contributed by atoms with E-state index < -0.39 is 0 Å². The van der Waals surface area contributed by atoms with Crippen LogP contribution < -0.4 is 0 Å². The minimum absolute atomic E-state index is 0.0126. The van der Waals surface area contributed by atoms with Crippen molar-refractivity contribution in [2.75, 3.05) is 0 Å². The summed E-state index contributed by atoms with van der Waals surface area (Å²) in [5.41, 5.74) is 1.93. The molecule has 0 saturated heterocycles. The zero-order valence-corrected chi connectivity index (χ0v) is 8.62. The van der Waals surface area contributed by atoms with Crippen molar-refractivity contribution in [1.29, 1.82) is 0 Å². The summed E-state index contributed by atoms with van der Waals surface area (Å²) in [6, 6.07) is 8.96. The van der Waals surface area contributed by atoms with Gasteiger partial charge in [0.25, 0.3) is 0 Å². The third-order valence-corrected chi connectivity index (χ3v) is 2.70. The monoisotopic (exact) mass is 200 g/mol. The van der Waals surface area contributed by atoms with Crippen LogP contribution in [0.3, 0.4) is 0 Å². The van der Waals surface area contributed by atoms with E-state index in [2.05, 4.69) is 0 Å². The van der Waals surface area contributed by atoms with Crippen LogP contribution in [0.4, 0.5) is 0 Å². The molecule has 0 aliphatic heterocycles. The molecule has 0 amide bonds. The number of rotatable bonds is 2. The van der Waals surface area contributed by atoms with E-state index >= 15 is 0 Å². The van der Waals surface area contributed by atoms with Crippen LogP contribution >= 0.6 is 0 Å². The summed E-state index contributed by atoms with van der Waals surface area (Å²) in [6.45, 7) is 1.86. The van der Waals surface area contributed by atoms with Gasteiger partial charge in [-0.1, -0.05) is 35.9 Å². The molecule has 0 heterocycles. The summed E-state index contributed by atoms with van der Waals surface area (Å²) < 4.78 is 0. The largest absolute Gasteiger partial charge is 0.294 e. The highest BCUT2D eigenvalue weighted by atomic mass is 16.1. The van der Waals surface area contributed by atoms with Gasteiger partial charge in [0.15, 0.2) is 11.6 Å². The van der Waals surface area contributed by atoms with Crippen LogP contribution in [0.2, 0.25) is 0 Å². The Kier molecular flexibility index (Phi) is 2.50. The normalized spacial score (nSPS) is 15.9. The molecule has 1 aliphatic carbocycles. The Morgan fingerprint density at radius 2 is 1.80 bits per heavy atom. The maximum absolute atomic E-state index is 12.0. The molecule has 0 radical (unpaired) electrons. The Labute approximate surface area is 88.6 Å². The molecular formula is C13H12O2. The number of carbonyl (C=O) groups excluding carboxylic acids is 2. The molecule has 15 heavy (non-hydrogen) atoms. The second-order valence-electron chi connectivity index (χ2n) is 3.77. The molecule has 2 rings (SSSR count). The zero-order chi connectivity index (χ0) is 10.8. The van der Waals surface area contributed by atoms with Gasteiger partial charge < -0.3 is 0 Å². The van der Waals surface area contributed by atoms with E-state index in [1.54, 1.807) is 12.1 Å². The highest BCUT2D eigenvalue weighted by molar-refractivity contribution is 6.27. The van der Waals surface area contributed by atoms with E-state index in [1.165, 1.54) is 0 Å². The summed E-state index contributed by atoms with van der Waals surface area (Å²) in [4.78, 5) is 23.5. The van der Waals surface area contributed by atoms with E-state index in [0.29, 0.717) is 17.6 Å². The fraction of sp³-hybridized carbons (Fsp3) is 0.231. The fourth-order valence-electron chi connectivity index (χ4n) is 1.84. The van der Waals surface area contributed by atoms with Crippen LogP contribution in [0.25, 0.3) is 0 Å². The molecular weight excluding hydrogens is 188 g/mol. The van der Waals surface area contributed by atoms with E-state index in [4.69, 9.17) is 0 Å². The lowest BCUT2D eigenvalue weighted by Gasteiger charge is -2.01. The minimum Gasteiger partial charge on any atom is -0.294 e. The second-order valence-corrected chi connectivity index (χ2v) is 3.77. The molecule has 2 heteroatoms. The van der Waals surface area contributed by atoms with Crippen molar-refractivity contribution in [3.63, 3.8) is 0 Å². The average molecular weight is 200 g/mol. The van der Waals surface area contributed by atoms with Crippen LogP contribution in [0.5, 0.6) is 0 Å². The smallest absolute Gasteiger partial charge is 0.196 e. The number of carbonyl (C=O) groups is 2. The van der Waals surface area contributed by atoms with Crippen molar-refractivity contribution in [2.45, 2.75) is 19.8 Å². The molecule has 1 aromatic carbocycles. The summed E-state index contributed by atoms with van der Waals surface area (Å²) >= 11 is 0. The lowest BCUT2D eigenvalue weighted by atomic mass is 10.0. The number of hydrogen-bond acceptors (Lipinski definition) is 2. The molecule has 1 aromatic rings.